The molecule has 0 radical (unpaired) electrons. The van der Waals surface area contributed by atoms with Crippen LogP contribution in [0.2, 0.25) is 0 Å². The van der Waals surface area contributed by atoms with Crippen LogP contribution in [0.15, 0.2) is 40.9 Å². The lowest BCUT2D eigenvalue weighted by atomic mass is 10.1. The molecule has 0 atom stereocenters. The Balaban J connectivity index is 1.69. The summed E-state index contributed by atoms with van der Waals surface area (Å²) in [6.07, 6.45) is 0. The number of fused-ring (bicyclic) bond motifs is 1. The number of amides is 1. The van der Waals surface area contributed by atoms with Crippen molar-refractivity contribution < 1.29 is 23.8 Å². The highest BCUT2D eigenvalue weighted by molar-refractivity contribution is 9.10. The number of hydrogen-bond acceptors (Lipinski definition) is 5. The lowest BCUT2D eigenvalue weighted by Crippen LogP contribution is -2.21. The summed E-state index contributed by atoms with van der Waals surface area (Å²) in [7, 11) is 0. The quantitative estimate of drug-likeness (QED) is 0.790. The molecule has 0 spiro atoms. The van der Waals surface area contributed by atoms with E-state index in [2.05, 4.69) is 21.2 Å². The Labute approximate surface area is 146 Å². The third-order valence-corrected chi connectivity index (χ3v) is 3.88. The Morgan fingerprint density at radius 1 is 1.17 bits per heavy atom. The minimum Gasteiger partial charge on any atom is -0.484 e. The second-order valence-electron chi connectivity index (χ2n) is 5.10. The molecule has 7 heteroatoms. The van der Waals surface area contributed by atoms with Gasteiger partial charge in [-0.1, -0.05) is 15.9 Å². The summed E-state index contributed by atoms with van der Waals surface area (Å²) in [5, 5.41) is 2.67. The van der Waals surface area contributed by atoms with Gasteiger partial charge in [0.05, 0.1) is 5.69 Å². The second kappa shape index (κ2) is 6.92. The molecule has 2 aromatic rings. The van der Waals surface area contributed by atoms with E-state index in [-0.39, 0.29) is 25.1 Å². The standard InChI is InChI=1S/C17H14BrNO5/c1-10(20)13-6-15-16(24-9-23-15)7-14(13)19-17(21)8-22-12-4-2-11(18)3-5-12/h2-7H,8-9H2,1H3,(H,19,21). The second-order valence-corrected chi connectivity index (χ2v) is 6.01. The molecule has 1 heterocycles. The number of rotatable bonds is 5. The maximum Gasteiger partial charge on any atom is 0.262 e. The fourth-order valence-electron chi connectivity index (χ4n) is 2.20. The van der Waals surface area contributed by atoms with Gasteiger partial charge in [-0.3, -0.25) is 9.59 Å². The molecule has 3 rings (SSSR count). The summed E-state index contributed by atoms with van der Waals surface area (Å²) in [5.74, 6) is 0.996. The van der Waals surface area contributed by atoms with Crippen molar-refractivity contribution >= 4 is 33.3 Å². The van der Waals surface area contributed by atoms with Crippen LogP contribution >= 0.6 is 15.9 Å². The number of ether oxygens (including phenoxy) is 3. The van der Waals surface area contributed by atoms with Crippen molar-refractivity contribution in [2.24, 2.45) is 0 Å². The average Bonchev–Trinajstić information content (AvgIpc) is 3.00. The van der Waals surface area contributed by atoms with Gasteiger partial charge in [-0.2, -0.15) is 0 Å². The Kier molecular flexibility index (Phi) is 4.71. The van der Waals surface area contributed by atoms with Crippen LogP contribution < -0.4 is 19.5 Å². The zero-order valence-electron chi connectivity index (χ0n) is 12.8. The molecule has 1 aliphatic rings. The van der Waals surface area contributed by atoms with Crippen molar-refractivity contribution in [3.63, 3.8) is 0 Å². The number of halogens is 1. The molecule has 0 saturated carbocycles. The van der Waals surface area contributed by atoms with E-state index in [0.29, 0.717) is 28.5 Å². The molecule has 1 aliphatic heterocycles. The first-order valence-corrected chi connectivity index (χ1v) is 7.95. The van der Waals surface area contributed by atoms with Crippen molar-refractivity contribution in [1.82, 2.24) is 0 Å². The number of carbonyl (C=O) groups excluding carboxylic acids is 2. The summed E-state index contributed by atoms with van der Waals surface area (Å²) in [4.78, 5) is 23.9. The number of carbonyl (C=O) groups is 2. The Bertz CT molecular complexity index is 788. The van der Waals surface area contributed by atoms with Crippen molar-refractivity contribution in [2.75, 3.05) is 18.7 Å². The van der Waals surface area contributed by atoms with Crippen LogP contribution in [-0.2, 0) is 4.79 Å². The lowest BCUT2D eigenvalue weighted by molar-refractivity contribution is -0.118. The molecule has 124 valence electrons. The van der Waals surface area contributed by atoms with Crippen LogP contribution in [0.5, 0.6) is 17.2 Å². The largest absolute Gasteiger partial charge is 0.484 e. The fourth-order valence-corrected chi connectivity index (χ4v) is 2.47. The molecule has 0 aromatic heterocycles. The highest BCUT2D eigenvalue weighted by atomic mass is 79.9. The summed E-state index contributed by atoms with van der Waals surface area (Å²) in [6.45, 7) is 1.34. The molecule has 2 aromatic carbocycles. The van der Waals surface area contributed by atoms with Crippen molar-refractivity contribution in [1.29, 1.82) is 0 Å². The Morgan fingerprint density at radius 2 is 1.83 bits per heavy atom. The Hall–Kier alpha value is -2.54. The van der Waals surface area contributed by atoms with Gasteiger partial charge >= 0.3 is 0 Å². The molecule has 0 aliphatic carbocycles. The van der Waals surface area contributed by atoms with Gasteiger partial charge in [0.15, 0.2) is 23.9 Å². The van der Waals surface area contributed by atoms with Crippen LogP contribution in [0.3, 0.4) is 0 Å². The number of benzene rings is 2. The molecular formula is C17H14BrNO5. The summed E-state index contributed by atoms with van der Waals surface area (Å²) in [6, 6.07) is 10.3. The third-order valence-electron chi connectivity index (χ3n) is 3.35. The SMILES string of the molecule is CC(=O)c1cc2c(cc1NC(=O)COc1ccc(Br)cc1)OCO2. The maximum atomic E-state index is 12.1. The topological polar surface area (TPSA) is 73.9 Å². The van der Waals surface area contributed by atoms with Crippen molar-refractivity contribution in [3.8, 4) is 17.2 Å². The molecule has 1 amide bonds. The van der Waals surface area contributed by atoms with Gasteiger partial charge in [-0.25, -0.2) is 0 Å². The van der Waals surface area contributed by atoms with Gasteiger partial charge < -0.3 is 19.5 Å². The number of hydrogen-bond donors (Lipinski definition) is 1. The van der Waals surface area contributed by atoms with Crippen molar-refractivity contribution in [2.45, 2.75) is 6.92 Å². The van der Waals surface area contributed by atoms with Gasteiger partial charge in [0.2, 0.25) is 6.79 Å². The van der Waals surface area contributed by atoms with Gasteiger partial charge in [0.1, 0.15) is 5.75 Å². The number of anilines is 1. The van der Waals surface area contributed by atoms with E-state index >= 15 is 0 Å². The highest BCUT2D eigenvalue weighted by Gasteiger charge is 2.20. The average molecular weight is 392 g/mol. The van der Waals surface area contributed by atoms with E-state index in [9.17, 15) is 9.59 Å². The van der Waals surface area contributed by atoms with E-state index in [1.807, 2.05) is 12.1 Å². The third kappa shape index (κ3) is 3.68. The van der Waals surface area contributed by atoms with E-state index in [1.54, 1.807) is 24.3 Å². The monoisotopic (exact) mass is 391 g/mol. The summed E-state index contributed by atoms with van der Waals surface area (Å²) >= 11 is 3.33. The molecule has 0 saturated heterocycles. The molecule has 1 N–H and O–H groups in total. The van der Waals surface area contributed by atoms with E-state index in [4.69, 9.17) is 14.2 Å². The molecule has 6 nitrogen and oxygen atoms in total. The zero-order valence-corrected chi connectivity index (χ0v) is 14.4. The smallest absolute Gasteiger partial charge is 0.262 e. The predicted molar refractivity (Wildman–Crippen MR) is 90.8 cm³/mol. The lowest BCUT2D eigenvalue weighted by Gasteiger charge is -2.11. The number of nitrogens with one attached hydrogen (secondary N) is 1. The van der Waals surface area contributed by atoms with Crippen LogP contribution in [0.25, 0.3) is 0 Å². The van der Waals surface area contributed by atoms with Crippen molar-refractivity contribution in [3.05, 3.63) is 46.4 Å². The number of ketones is 1. The fraction of sp³-hybridized carbons (Fsp3) is 0.176. The minimum absolute atomic E-state index is 0.0940. The first kappa shape index (κ1) is 16.3. The van der Waals surface area contributed by atoms with Crippen LogP contribution in [-0.4, -0.2) is 25.1 Å². The first-order chi connectivity index (χ1) is 11.5. The Morgan fingerprint density at radius 3 is 2.50 bits per heavy atom. The first-order valence-electron chi connectivity index (χ1n) is 7.16. The molecule has 0 bridgehead atoms. The summed E-state index contributed by atoms with van der Waals surface area (Å²) in [5.41, 5.74) is 0.729. The van der Waals surface area contributed by atoms with Crippen LogP contribution in [0.1, 0.15) is 17.3 Å². The van der Waals surface area contributed by atoms with E-state index in [0.717, 1.165) is 4.47 Å². The van der Waals surface area contributed by atoms with E-state index < -0.39 is 0 Å². The normalized spacial score (nSPS) is 11.9. The predicted octanol–water partition coefficient (Wildman–Crippen LogP) is 3.40. The van der Waals surface area contributed by atoms with Gasteiger partial charge in [0, 0.05) is 16.1 Å². The molecule has 24 heavy (non-hydrogen) atoms. The van der Waals surface area contributed by atoms with E-state index in [1.165, 1.54) is 6.92 Å². The molecule has 0 unspecified atom stereocenters. The maximum absolute atomic E-state index is 12.1. The molecular weight excluding hydrogens is 378 g/mol. The van der Waals surface area contributed by atoms with Crippen LogP contribution in [0.4, 0.5) is 5.69 Å². The van der Waals surface area contributed by atoms with Gasteiger partial charge in [-0.05, 0) is 37.3 Å². The zero-order chi connectivity index (χ0) is 17.1. The van der Waals surface area contributed by atoms with Gasteiger partial charge in [0.25, 0.3) is 5.91 Å². The van der Waals surface area contributed by atoms with Crippen LogP contribution in [0, 0.1) is 0 Å². The minimum atomic E-state index is -0.376. The summed E-state index contributed by atoms with van der Waals surface area (Å²) < 4.78 is 16.9. The molecule has 0 fully saturated rings. The number of Topliss-reactive ketones (excluding diaryl/α,β-unsaturated/α-hetero) is 1. The highest BCUT2D eigenvalue weighted by Crippen LogP contribution is 2.37. The van der Waals surface area contributed by atoms with Gasteiger partial charge in [-0.15, -0.1) is 0 Å².